The first-order valence-electron chi connectivity index (χ1n) is 8.68. The number of hydrogen-bond donors (Lipinski definition) is 1. The molecule has 1 aliphatic rings. The van der Waals surface area contributed by atoms with Crippen molar-refractivity contribution in [2.45, 2.75) is 45.1 Å². The molecular formula is C18H24N4O2. The molecular weight excluding hydrogens is 304 g/mol. The summed E-state index contributed by atoms with van der Waals surface area (Å²) >= 11 is 0. The zero-order chi connectivity index (χ0) is 16.9. The fourth-order valence-corrected chi connectivity index (χ4v) is 3.33. The van der Waals surface area contributed by atoms with Gasteiger partial charge in [0.05, 0.1) is 0 Å². The van der Waals surface area contributed by atoms with Crippen LogP contribution in [0.5, 0.6) is 0 Å². The van der Waals surface area contributed by atoms with E-state index in [0.717, 1.165) is 38.1 Å². The van der Waals surface area contributed by atoms with Crippen molar-refractivity contribution in [1.29, 1.82) is 0 Å². The lowest BCUT2D eigenvalue weighted by Gasteiger charge is -2.32. The van der Waals surface area contributed by atoms with E-state index in [0.29, 0.717) is 13.1 Å². The number of piperidine rings is 1. The van der Waals surface area contributed by atoms with Crippen LogP contribution in [0.25, 0.3) is 0 Å². The number of aromatic amines is 1. The van der Waals surface area contributed by atoms with E-state index in [4.69, 9.17) is 0 Å². The number of unbranched alkanes of at least 4 members (excludes halogenated alkanes) is 1. The van der Waals surface area contributed by atoms with E-state index < -0.39 is 0 Å². The van der Waals surface area contributed by atoms with Crippen molar-refractivity contribution < 1.29 is 4.79 Å². The number of hydrogen-bond acceptors (Lipinski definition) is 3. The van der Waals surface area contributed by atoms with Crippen molar-refractivity contribution >= 4 is 5.91 Å². The SMILES string of the molecule is CCCCn1ccnc1[C@H]1CCCN(C(=O)c2ccc[nH]c2=O)C1. The lowest BCUT2D eigenvalue weighted by molar-refractivity contribution is 0.0701. The molecule has 128 valence electrons. The number of amides is 1. The van der Waals surface area contributed by atoms with Gasteiger partial charge in [-0.25, -0.2) is 4.98 Å². The van der Waals surface area contributed by atoms with Crippen molar-refractivity contribution in [2.24, 2.45) is 0 Å². The van der Waals surface area contributed by atoms with Gasteiger partial charge in [-0.15, -0.1) is 0 Å². The minimum Gasteiger partial charge on any atom is -0.338 e. The third kappa shape index (κ3) is 3.42. The van der Waals surface area contributed by atoms with Crippen LogP contribution >= 0.6 is 0 Å². The quantitative estimate of drug-likeness (QED) is 0.916. The topological polar surface area (TPSA) is 71.0 Å². The molecule has 0 bridgehead atoms. The van der Waals surface area contributed by atoms with E-state index in [1.807, 2.05) is 12.4 Å². The van der Waals surface area contributed by atoms with Crippen LogP contribution in [0.15, 0.2) is 35.5 Å². The minimum absolute atomic E-state index is 0.187. The van der Waals surface area contributed by atoms with Gasteiger partial charge in [0.15, 0.2) is 0 Å². The fraction of sp³-hybridized carbons (Fsp3) is 0.500. The number of pyridine rings is 1. The number of nitrogens with zero attached hydrogens (tertiary/aromatic N) is 3. The van der Waals surface area contributed by atoms with E-state index in [2.05, 4.69) is 21.5 Å². The van der Waals surface area contributed by atoms with Crippen molar-refractivity contribution in [3.8, 4) is 0 Å². The number of carbonyl (C=O) groups is 1. The molecule has 2 aromatic rings. The van der Waals surface area contributed by atoms with Crippen molar-refractivity contribution in [3.63, 3.8) is 0 Å². The monoisotopic (exact) mass is 328 g/mol. The van der Waals surface area contributed by atoms with Gasteiger partial charge in [-0.3, -0.25) is 9.59 Å². The molecule has 1 N–H and O–H groups in total. The summed E-state index contributed by atoms with van der Waals surface area (Å²) in [6.07, 6.45) is 9.63. The summed E-state index contributed by atoms with van der Waals surface area (Å²) in [7, 11) is 0. The number of imidazole rings is 1. The number of carbonyl (C=O) groups excluding carboxylic acids is 1. The molecule has 1 fully saturated rings. The fourth-order valence-electron chi connectivity index (χ4n) is 3.33. The van der Waals surface area contributed by atoms with E-state index >= 15 is 0 Å². The third-order valence-electron chi connectivity index (χ3n) is 4.62. The molecule has 0 saturated carbocycles. The van der Waals surface area contributed by atoms with Gasteiger partial charge in [0.1, 0.15) is 11.4 Å². The Balaban J connectivity index is 1.75. The van der Waals surface area contributed by atoms with Crippen molar-refractivity contribution in [1.82, 2.24) is 19.4 Å². The predicted octanol–water partition coefficient (Wildman–Crippen LogP) is 2.39. The second-order valence-corrected chi connectivity index (χ2v) is 6.34. The van der Waals surface area contributed by atoms with Crippen LogP contribution in [-0.2, 0) is 6.54 Å². The first-order valence-corrected chi connectivity index (χ1v) is 8.68. The van der Waals surface area contributed by atoms with E-state index in [-0.39, 0.29) is 22.9 Å². The molecule has 1 atom stereocenters. The Morgan fingerprint density at radius 3 is 3.12 bits per heavy atom. The highest BCUT2D eigenvalue weighted by molar-refractivity contribution is 5.93. The standard InChI is InChI=1S/C18H24N4O2/c1-2-3-10-21-12-9-19-16(21)14-6-5-11-22(13-14)18(24)15-7-4-8-20-17(15)23/h4,7-9,12,14H,2-3,5-6,10-11,13H2,1H3,(H,20,23)/t14-/m0/s1. The second-order valence-electron chi connectivity index (χ2n) is 6.34. The lowest BCUT2D eigenvalue weighted by atomic mass is 9.96. The summed E-state index contributed by atoms with van der Waals surface area (Å²) in [4.78, 5) is 33.4. The molecule has 0 spiro atoms. The molecule has 6 heteroatoms. The van der Waals surface area contributed by atoms with Crippen LogP contribution in [0.1, 0.15) is 54.7 Å². The molecule has 3 heterocycles. The first-order chi connectivity index (χ1) is 11.7. The summed E-state index contributed by atoms with van der Waals surface area (Å²) in [5, 5.41) is 0. The Hall–Kier alpha value is -2.37. The zero-order valence-electron chi connectivity index (χ0n) is 14.1. The summed E-state index contributed by atoms with van der Waals surface area (Å²) < 4.78 is 2.21. The zero-order valence-corrected chi connectivity index (χ0v) is 14.1. The Morgan fingerprint density at radius 2 is 2.33 bits per heavy atom. The first kappa shape index (κ1) is 16.5. The largest absolute Gasteiger partial charge is 0.338 e. The number of H-pyrrole nitrogens is 1. The van der Waals surface area contributed by atoms with Gasteiger partial charge in [0, 0.05) is 44.1 Å². The molecule has 0 radical (unpaired) electrons. The van der Waals surface area contributed by atoms with Crippen LogP contribution in [0.3, 0.4) is 0 Å². The number of likely N-dealkylation sites (tertiary alicyclic amines) is 1. The van der Waals surface area contributed by atoms with Gasteiger partial charge in [-0.2, -0.15) is 0 Å². The normalized spacial score (nSPS) is 17.9. The highest BCUT2D eigenvalue weighted by atomic mass is 16.2. The number of aromatic nitrogens is 3. The van der Waals surface area contributed by atoms with E-state index in [1.165, 1.54) is 0 Å². The molecule has 1 aliphatic heterocycles. The average Bonchev–Trinajstić information content (AvgIpc) is 3.08. The molecule has 3 rings (SSSR count). The van der Waals surface area contributed by atoms with Crippen molar-refractivity contribution in [2.75, 3.05) is 13.1 Å². The van der Waals surface area contributed by atoms with Crippen molar-refractivity contribution in [3.05, 3.63) is 52.5 Å². The summed E-state index contributed by atoms with van der Waals surface area (Å²) in [5.41, 5.74) is -0.110. The number of rotatable bonds is 5. The maximum Gasteiger partial charge on any atom is 0.260 e. The molecule has 0 aliphatic carbocycles. The van der Waals surface area contributed by atoms with Crippen LogP contribution in [-0.4, -0.2) is 38.4 Å². The molecule has 0 aromatic carbocycles. The second kappa shape index (κ2) is 7.47. The highest BCUT2D eigenvalue weighted by Gasteiger charge is 2.28. The third-order valence-corrected chi connectivity index (χ3v) is 4.62. The summed E-state index contributed by atoms with van der Waals surface area (Å²) in [6.45, 7) is 4.46. The van der Waals surface area contributed by atoms with Crippen LogP contribution in [0.4, 0.5) is 0 Å². The van der Waals surface area contributed by atoms with Crippen LogP contribution in [0, 0.1) is 0 Å². The summed E-state index contributed by atoms with van der Waals surface area (Å²) in [6, 6.07) is 3.28. The van der Waals surface area contributed by atoms with Gasteiger partial charge in [0.25, 0.3) is 11.5 Å². The molecule has 2 aromatic heterocycles. The Kier molecular flexibility index (Phi) is 5.13. The lowest BCUT2D eigenvalue weighted by Crippen LogP contribution is -2.41. The number of aryl methyl sites for hydroxylation is 1. The minimum atomic E-state index is -0.325. The van der Waals surface area contributed by atoms with Gasteiger partial charge in [0.2, 0.25) is 0 Å². The van der Waals surface area contributed by atoms with E-state index in [1.54, 1.807) is 23.2 Å². The highest BCUT2D eigenvalue weighted by Crippen LogP contribution is 2.26. The van der Waals surface area contributed by atoms with Crippen LogP contribution in [0.2, 0.25) is 0 Å². The molecule has 1 amide bonds. The molecule has 6 nitrogen and oxygen atoms in total. The Morgan fingerprint density at radius 1 is 1.46 bits per heavy atom. The van der Waals surface area contributed by atoms with Gasteiger partial charge in [-0.1, -0.05) is 13.3 Å². The predicted molar refractivity (Wildman–Crippen MR) is 92.1 cm³/mol. The Labute approximate surface area is 141 Å². The molecule has 0 unspecified atom stereocenters. The van der Waals surface area contributed by atoms with E-state index in [9.17, 15) is 9.59 Å². The van der Waals surface area contributed by atoms with Crippen LogP contribution < -0.4 is 5.56 Å². The maximum absolute atomic E-state index is 12.7. The van der Waals surface area contributed by atoms with Gasteiger partial charge >= 0.3 is 0 Å². The smallest absolute Gasteiger partial charge is 0.260 e. The molecule has 1 saturated heterocycles. The summed E-state index contributed by atoms with van der Waals surface area (Å²) in [5.74, 6) is 1.11. The molecule has 24 heavy (non-hydrogen) atoms. The van der Waals surface area contributed by atoms with Gasteiger partial charge in [-0.05, 0) is 31.4 Å². The maximum atomic E-state index is 12.7. The number of nitrogens with one attached hydrogen (secondary N) is 1. The van der Waals surface area contributed by atoms with Gasteiger partial charge < -0.3 is 14.5 Å². The average molecular weight is 328 g/mol. The Bertz CT molecular complexity index is 749.